The fourth-order valence-corrected chi connectivity index (χ4v) is 2.16. The van der Waals surface area contributed by atoms with Crippen LogP contribution in [0, 0.1) is 5.92 Å². The quantitative estimate of drug-likeness (QED) is 0.720. The highest BCUT2D eigenvalue weighted by Crippen LogP contribution is 2.24. The molecule has 2 N–H and O–H groups in total. The van der Waals surface area contributed by atoms with Crippen molar-refractivity contribution in [2.75, 3.05) is 6.54 Å². The summed E-state index contributed by atoms with van der Waals surface area (Å²) in [4.78, 5) is 37.1. The van der Waals surface area contributed by atoms with Crippen LogP contribution in [-0.4, -0.2) is 40.9 Å². The van der Waals surface area contributed by atoms with E-state index in [1.54, 1.807) is 0 Å². The first-order valence-corrected chi connectivity index (χ1v) is 7.20. The van der Waals surface area contributed by atoms with Gasteiger partial charge in [-0.25, -0.2) is 4.79 Å². The molecule has 0 aromatic rings. The average molecular weight is 283 g/mol. The van der Waals surface area contributed by atoms with Gasteiger partial charge in [-0.15, -0.1) is 0 Å². The van der Waals surface area contributed by atoms with Crippen molar-refractivity contribution in [2.24, 2.45) is 5.92 Å². The first-order chi connectivity index (χ1) is 9.27. The molecule has 1 fully saturated rings. The molecule has 0 bridgehead atoms. The van der Waals surface area contributed by atoms with E-state index >= 15 is 0 Å². The van der Waals surface area contributed by atoms with Gasteiger partial charge in [-0.05, 0) is 25.7 Å². The van der Waals surface area contributed by atoms with E-state index in [4.69, 9.17) is 0 Å². The minimum Gasteiger partial charge on any atom is -0.352 e. The van der Waals surface area contributed by atoms with E-state index in [0.29, 0.717) is 18.8 Å². The third-order valence-electron chi connectivity index (χ3n) is 4.14. The van der Waals surface area contributed by atoms with Crippen molar-refractivity contribution < 1.29 is 14.4 Å². The molecular weight excluding hydrogens is 258 g/mol. The van der Waals surface area contributed by atoms with Crippen LogP contribution in [0.1, 0.15) is 47.5 Å². The summed E-state index contributed by atoms with van der Waals surface area (Å²) in [5, 5.41) is 5.50. The SMILES string of the molecule is CCC1(CC)NC(=O)N(CC(=O)NC(C)C(C)C)C1=O. The van der Waals surface area contributed by atoms with Crippen LogP contribution in [0.4, 0.5) is 4.79 Å². The van der Waals surface area contributed by atoms with Gasteiger partial charge in [0.2, 0.25) is 5.91 Å². The first kappa shape index (κ1) is 16.5. The third kappa shape index (κ3) is 3.11. The van der Waals surface area contributed by atoms with Crippen LogP contribution in [0.5, 0.6) is 0 Å². The summed E-state index contributed by atoms with van der Waals surface area (Å²) < 4.78 is 0. The third-order valence-corrected chi connectivity index (χ3v) is 4.14. The van der Waals surface area contributed by atoms with E-state index in [2.05, 4.69) is 10.6 Å². The van der Waals surface area contributed by atoms with Gasteiger partial charge in [0.15, 0.2) is 0 Å². The molecule has 1 aliphatic heterocycles. The molecule has 1 unspecified atom stereocenters. The highest BCUT2D eigenvalue weighted by molar-refractivity contribution is 6.08. The van der Waals surface area contributed by atoms with Gasteiger partial charge in [0.25, 0.3) is 5.91 Å². The summed E-state index contributed by atoms with van der Waals surface area (Å²) in [6.07, 6.45) is 1.04. The lowest BCUT2D eigenvalue weighted by Crippen LogP contribution is -2.47. The van der Waals surface area contributed by atoms with Gasteiger partial charge in [-0.1, -0.05) is 27.7 Å². The summed E-state index contributed by atoms with van der Waals surface area (Å²) in [5.41, 5.74) is -0.846. The Bertz CT molecular complexity index is 402. The van der Waals surface area contributed by atoms with E-state index in [0.717, 1.165) is 4.90 Å². The zero-order valence-corrected chi connectivity index (χ0v) is 12.9. The van der Waals surface area contributed by atoms with Gasteiger partial charge < -0.3 is 10.6 Å². The van der Waals surface area contributed by atoms with Crippen molar-refractivity contribution in [1.29, 1.82) is 0 Å². The molecule has 0 aromatic heterocycles. The molecular formula is C14H25N3O3. The van der Waals surface area contributed by atoms with Gasteiger partial charge in [0.1, 0.15) is 12.1 Å². The van der Waals surface area contributed by atoms with E-state index in [1.165, 1.54) is 0 Å². The lowest BCUT2D eigenvalue weighted by molar-refractivity contribution is -0.135. The van der Waals surface area contributed by atoms with Crippen molar-refractivity contribution in [3.63, 3.8) is 0 Å². The molecule has 1 atom stereocenters. The monoisotopic (exact) mass is 283 g/mol. The molecule has 0 aliphatic carbocycles. The average Bonchev–Trinajstić information content (AvgIpc) is 2.63. The van der Waals surface area contributed by atoms with Crippen LogP contribution in [0.2, 0.25) is 0 Å². The predicted molar refractivity (Wildman–Crippen MR) is 76.0 cm³/mol. The summed E-state index contributed by atoms with van der Waals surface area (Å²) in [5.74, 6) is -0.315. The van der Waals surface area contributed by atoms with E-state index in [9.17, 15) is 14.4 Å². The number of urea groups is 1. The molecule has 6 heteroatoms. The lowest BCUT2D eigenvalue weighted by atomic mass is 9.93. The maximum atomic E-state index is 12.3. The number of carbonyl (C=O) groups excluding carboxylic acids is 3. The number of imide groups is 1. The fourth-order valence-electron chi connectivity index (χ4n) is 2.16. The van der Waals surface area contributed by atoms with Crippen molar-refractivity contribution >= 4 is 17.8 Å². The Balaban J connectivity index is 2.71. The minimum absolute atomic E-state index is 0.00498. The van der Waals surface area contributed by atoms with Gasteiger partial charge in [-0.3, -0.25) is 14.5 Å². The Hall–Kier alpha value is -1.59. The number of nitrogens with zero attached hydrogens (tertiary/aromatic N) is 1. The van der Waals surface area contributed by atoms with Crippen molar-refractivity contribution in [3.8, 4) is 0 Å². The Labute approximate surface area is 120 Å². The van der Waals surface area contributed by atoms with Crippen LogP contribution in [0.25, 0.3) is 0 Å². The van der Waals surface area contributed by atoms with Gasteiger partial charge in [-0.2, -0.15) is 0 Å². The Kier molecular flexibility index (Phi) is 5.14. The van der Waals surface area contributed by atoms with Gasteiger partial charge in [0.05, 0.1) is 0 Å². The summed E-state index contributed by atoms with van der Waals surface area (Å²) in [6.45, 7) is 9.38. The zero-order chi connectivity index (χ0) is 15.5. The first-order valence-electron chi connectivity index (χ1n) is 7.20. The molecule has 1 heterocycles. The Morgan fingerprint density at radius 1 is 1.25 bits per heavy atom. The fraction of sp³-hybridized carbons (Fsp3) is 0.786. The van der Waals surface area contributed by atoms with Crippen LogP contribution < -0.4 is 10.6 Å². The zero-order valence-electron chi connectivity index (χ0n) is 12.9. The largest absolute Gasteiger partial charge is 0.352 e. The normalized spacial score (nSPS) is 19.2. The topological polar surface area (TPSA) is 78.5 Å². The second-order valence-corrected chi connectivity index (χ2v) is 5.71. The number of amides is 4. The highest BCUT2D eigenvalue weighted by Gasteiger charge is 2.49. The molecule has 4 amide bonds. The molecule has 114 valence electrons. The number of carbonyl (C=O) groups is 3. The van der Waals surface area contributed by atoms with Crippen molar-refractivity contribution in [2.45, 2.75) is 59.0 Å². The maximum absolute atomic E-state index is 12.3. The number of rotatable bonds is 6. The predicted octanol–water partition coefficient (Wildman–Crippen LogP) is 1.26. The van der Waals surface area contributed by atoms with Crippen molar-refractivity contribution in [3.05, 3.63) is 0 Å². The molecule has 6 nitrogen and oxygen atoms in total. The van der Waals surface area contributed by atoms with Crippen LogP contribution in [0.3, 0.4) is 0 Å². The number of hydrogen-bond donors (Lipinski definition) is 2. The van der Waals surface area contributed by atoms with Crippen LogP contribution in [0.15, 0.2) is 0 Å². The van der Waals surface area contributed by atoms with Crippen molar-refractivity contribution in [1.82, 2.24) is 15.5 Å². The lowest BCUT2D eigenvalue weighted by Gasteiger charge is -2.23. The van der Waals surface area contributed by atoms with E-state index in [1.807, 2.05) is 34.6 Å². The smallest absolute Gasteiger partial charge is 0.325 e. The summed E-state index contributed by atoms with van der Waals surface area (Å²) in [7, 11) is 0. The minimum atomic E-state index is -0.846. The molecule has 0 aromatic carbocycles. The molecule has 20 heavy (non-hydrogen) atoms. The van der Waals surface area contributed by atoms with E-state index in [-0.39, 0.29) is 24.4 Å². The van der Waals surface area contributed by atoms with E-state index < -0.39 is 11.6 Å². The molecule has 1 rings (SSSR count). The second-order valence-electron chi connectivity index (χ2n) is 5.71. The number of hydrogen-bond acceptors (Lipinski definition) is 3. The van der Waals surface area contributed by atoms with Gasteiger partial charge >= 0.3 is 6.03 Å². The summed E-state index contributed by atoms with van der Waals surface area (Å²) in [6, 6.07) is -0.476. The highest BCUT2D eigenvalue weighted by atomic mass is 16.2. The molecule has 0 saturated carbocycles. The molecule has 0 radical (unpaired) electrons. The number of nitrogens with one attached hydrogen (secondary N) is 2. The Morgan fingerprint density at radius 2 is 1.80 bits per heavy atom. The molecule has 0 spiro atoms. The second kappa shape index (κ2) is 6.24. The van der Waals surface area contributed by atoms with Crippen LogP contribution >= 0.6 is 0 Å². The van der Waals surface area contributed by atoms with Crippen LogP contribution in [-0.2, 0) is 9.59 Å². The molecule has 1 aliphatic rings. The molecule has 1 saturated heterocycles. The standard InChI is InChI=1S/C14H25N3O3/c1-6-14(7-2)12(19)17(13(20)16-14)8-11(18)15-10(5)9(3)4/h9-10H,6-8H2,1-5H3,(H,15,18)(H,16,20). The van der Waals surface area contributed by atoms with Gasteiger partial charge in [0, 0.05) is 6.04 Å². The Morgan fingerprint density at radius 3 is 2.20 bits per heavy atom. The summed E-state index contributed by atoms with van der Waals surface area (Å²) >= 11 is 0. The maximum Gasteiger partial charge on any atom is 0.325 e.